The number of pyridine rings is 1. The van der Waals surface area contributed by atoms with E-state index < -0.39 is 9.84 Å². The van der Waals surface area contributed by atoms with Crippen LogP contribution in [-0.2, 0) is 14.6 Å². The maximum absolute atomic E-state index is 11.8. The third-order valence-electron chi connectivity index (χ3n) is 5.76. The number of nitrogens with zero attached hydrogens (tertiary/aromatic N) is 2. The van der Waals surface area contributed by atoms with Gasteiger partial charge in [-0.25, -0.2) is 13.4 Å². The number of aromatic nitrogens is 2. The van der Waals surface area contributed by atoms with Crippen molar-refractivity contribution < 1.29 is 13.2 Å². The Labute approximate surface area is 175 Å². The van der Waals surface area contributed by atoms with Gasteiger partial charge in [0, 0.05) is 12.5 Å². The first-order chi connectivity index (χ1) is 14.3. The summed E-state index contributed by atoms with van der Waals surface area (Å²) in [6, 6.07) is 19.3. The zero-order chi connectivity index (χ0) is 21.0. The molecule has 0 fully saturated rings. The molecule has 0 saturated heterocycles. The predicted octanol–water partition coefficient (Wildman–Crippen LogP) is 4.89. The van der Waals surface area contributed by atoms with Crippen LogP contribution in [0.3, 0.4) is 0 Å². The molecular formula is C24H22N2O3S. The van der Waals surface area contributed by atoms with Gasteiger partial charge in [0.1, 0.15) is 11.8 Å². The van der Waals surface area contributed by atoms with Crippen molar-refractivity contribution in [3.63, 3.8) is 0 Å². The van der Waals surface area contributed by atoms with Crippen molar-refractivity contribution in [2.45, 2.75) is 31.0 Å². The molecule has 0 amide bonds. The van der Waals surface area contributed by atoms with Crippen LogP contribution < -0.4 is 0 Å². The maximum atomic E-state index is 11.8. The summed E-state index contributed by atoms with van der Waals surface area (Å²) >= 11 is 0. The predicted molar refractivity (Wildman–Crippen MR) is 116 cm³/mol. The number of hydrogen-bond acceptors (Lipinski definition) is 4. The van der Waals surface area contributed by atoms with Crippen LogP contribution in [-0.4, -0.2) is 24.1 Å². The molecule has 6 heteroatoms. The van der Waals surface area contributed by atoms with Gasteiger partial charge in [-0.1, -0.05) is 36.4 Å². The Hall–Kier alpha value is -2.96. The van der Waals surface area contributed by atoms with Gasteiger partial charge in [-0.2, -0.15) is 0 Å². The molecule has 4 aromatic rings. The van der Waals surface area contributed by atoms with Gasteiger partial charge in [-0.15, -0.1) is 0 Å². The Bertz CT molecular complexity index is 1370. The van der Waals surface area contributed by atoms with Crippen LogP contribution in [0, 0.1) is 6.92 Å². The van der Waals surface area contributed by atoms with Gasteiger partial charge >= 0.3 is 0 Å². The highest BCUT2D eigenvalue weighted by Gasteiger charge is 2.33. The molecular weight excluding hydrogens is 396 g/mol. The second-order valence-electron chi connectivity index (χ2n) is 7.81. The first kappa shape index (κ1) is 19.0. The van der Waals surface area contributed by atoms with Crippen molar-refractivity contribution in [2.75, 3.05) is 6.26 Å². The van der Waals surface area contributed by atoms with E-state index in [1.165, 1.54) is 17.4 Å². The maximum Gasteiger partial charge on any atom is 0.175 e. The Morgan fingerprint density at radius 2 is 1.60 bits per heavy atom. The Kier molecular flexibility index (Phi) is 4.31. The minimum atomic E-state index is -3.22. The number of imidazole rings is 1. The van der Waals surface area contributed by atoms with Crippen LogP contribution in [0.4, 0.5) is 0 Å². The van der Waals surface area contributed by atoms with Gasteiger partial charge in [0.25, 0.3) is 0 Å². The van der Waals surface area contributed by atoms with Crippen LogP contribution in [0.15, 0.2) is 71.8 Å². The number of ether oxygens (including phenoxy) is 1. The Balaban J connectivity index is 1.63. The highest BCUT2D eigenvalue weighted by molar-refractivity contribution is 7.90. The molecule has 3 heterocycles. The third kappa shape index (κ3) is 3.04. The first-order valence-corrected chi connectivity index (χ1v) is 11.8. The number of benzene rings is 2. The smallest absolute Gasteiger partial charge is 0.175 e. The fourth-order valence-corrected chi connectivity index (χ4v) is 4.87. The lowest BCUT2D eigenvalue weighted by atomic mass is 10.00. The SMILES string of the molecule is Cc1nc2ccc(-c3ccc(S(C)(=O)=O)cc3)cn2c1[C@H]1O[C@H](C)c2ccccc21. The number of sulfone groups is 1. The second-order valence-corrected chi connectivity index (χ2v) is 9.83. The lowest BCUT2D eigenvalue weighted by Gasteiger charge is -2.14. The highest BCUT2D eigenvalue weighted by atomic mass is 32.2. The van der Waals surface area contributed by atoms with Gasteiger partial charge in [-0.05, 0) is 60.4 Å². The van der Waals surface area contributed by atoms with E-state index in [9.17, 15) is 8.42 Å². The van der Waals surface area contributed by atoms with E-state index in [4.69, 9.17) is 9.72 Å². The van der Waals surface area contributed by atoms with Gasteiger partial charge in [0.2, 0.25) is 0 Å². The number of rotatable bonds is 3. The molecule has 5 rings (SSSR count). The van der Waals surface area contributed by atoms with E-state index in [1.54, 1.807) is 12.1 Å². The lowest BCUT2D eigenvalue weighted by Crippen LogP contribution is -2.05. The molecule has 0 bridgehead atoms. The number of hydrogen-bond donors (Lipinski definition) is 0. The molecule has 30 heavy (non-hydrogen) atoms. The van der Waals surface area contributed by atoms with Crippen LogP contribution in [0.1, 0.15) is 41.6 Å². The average Bonchev–Trinajstić information content (AvgIpc) is 3.23. The highest BCUT2D eigenvalue weighted by Crippen LogP contribution is 2.43. The summed E-state index contributed by atoms with van der Waals surface area (Å²) in [6.45, 7) is 4.09. The second kappa shape index (κ2) is 6.79. The summed E-state index contributed by atoms with van der Waals surface area (Å²) in [5.41, 5.74) is 7.15. The van der Waals surface area contributed by atoms with E-state index in [2.05, 4.69) is 29.7 Å². The van der Waals surface area contributed by atoms with E-state index in [-0.39, 0.29) is 12.2 Å². The largest absolute Gasteiger partial charge is 0.360 e. The average molecular weight is 419 g/mol. The molecule has 5 nitrogen and oxygen atoms in total. The van der Waals surface area contributed by atoms with Gasteiger partial charge in [0.15, 0.2) is 9.84 Å². The summed E-state index contributed by atoms with van der Waals surface area (Å²) in [6.07, 6.45) is 3.13. The molecule has 0 saturated carbocycles. The van der Waals surface area contributed by atoms with Crippen LogP contribution in [0.2, 0.25) is 0 Å². The Morgan fingerprint density at radius 3 is 2.30 bits per heavy atom. The number of aryl methyl sites for hydroxylation is 1. The molecule has 2 aromatic heterocycles. The molecule has 2 atom stereocenters. The van der Waals surface area contributed by atoms with Crippen molar-refractivity contribution in [2.24, 2.45) is 0 Å². The van der Waals surface area contributed by atoms with Crippen molar-refractivity contribution in [1.29, 1.82) is 0 Å². The van der Waals surface area contributed by atoms with Gasteiger partial charge < -0.3 is 9.14 Å². The summed E-state index contributed by atoms with van der Waals surface area (Å²) < 4.78 is 31.9. The molecule has 0 radical (unpaired) electrons. The number of fused-ring (bicyclic) bond motifs is 2. The minimum absolute atomic E-state index is 0.0304. The van der Waals surface area contributed by atoms with Crippen LogP contribution >= 0.6 is 0 Å². The summed E-state index contributed by atoms with van der Waals surface area (Å²) in [7, 11) is -3.22. The van der Waals surface area contributed by atoms with E-state index in [1.807, 2.05) is 43.3 Å². The monoisotopic (exact) mass is 418 g/mol. The third-order valence-corrected chi connectivity index (χ3v) is 6.89. The summed E-state index contributed by atoms with van der Waals surface area (Å²) in [5.74, 6) is 0. The lowest BCUT2D eigenvalue weighted by molar-refractivity contribution is 0.0424. The zero-order valence-corrected chi connectivity index (χ0v) is 17.8. The molecule has 1 aliphatic rings. The molecule has 0 N–H and O–H groups in total. The molecule has 152 valence electrons. The Morgan fingerprint density at radius 1 is 0.933 bits per heavy atom. The standard InChI is InChI=1S/C24H22N2O3S/c1-15-23(24-21-7-5-4-6-20(21)16(2)29-24)26-14-18(10-13-22(26)25-15)17-8-11-19(12-9-17)30(3,27)28/h4-14,16,24H,1-3H3/t16-,24+/m1/s1. The van der Waals surface area contributed by atoms with E-state index in [0.29, 0.717) is 4.90 Å². The summed E-state index contributed by atoms with van der Waals surface area (Å²) in [5, 5.41) is 0. The van der Waals surface area contributed by atoms with Crippen molar-refractivity contribution in [3.8, 4) is 11.1 Å². The quantitative estimate of drug-likeness (QED) is 0.475. The van der Waals surface area contributed by atoms with Crippen LogP contribution in [0.5, 0.6) is 0 Å². The van der Waals surface area contributed by atoms with Crippen LogP contribution in [0.25, 0.3) is 16.8 Å². The topological polar surface area (TPSA) is 60.7 Å². The normalized spacial score (nSPS) is 18.6. The van der Waals surface area contributed by atoms with Crippen molar-refractivity contribution >= 4 is 15.5 Å². The van der Waals surface area contributed by atoms with Gasteiger partial charge in [-0.3, -0.25) is 0 Å². The fraction of sp³-hybridized carbons (Fsp3) is 0.208. The van der Waals surface area contributed by atoms with Gasteiger partial charge in [0.05, 0.1) is 22.4 Å². The molecule has 2 aromatic carbocycles. The van der Waals surface area contributed by atoms with Crippen molar-refractivity contribution in [3.05, 3.63) is 89.4 Å². The minimum Gasteiger partial charge on any atom is -0.360 e. The first-order valence-electron chi connectivity index (χ1n) is 9.86. The molecule has 0 spiro atoms. The fourth-order valence-electron chi connectivity index (χ4n) is 4.24. The molecule has 0 unspecified atom stereocenters. The zero-order valence-electron chi connectivity index (χ0n) is 17.0. The van der Waals surface area contributed by atoms with E-state index in [0.717, 1.165) is 28.2 Å². The molecule has 0 aliphatic carbocycles. The summed E-state index contributed by atoms with van der Waals surface area (Å²) in [4.78, 5) is 5.06. The molecule has 1 aliphatic heterocycles. The van der Waals surface area contributed by atoms with Crippen molar-refractivity contribution in [1.82, 2.24) is 9.38 Å². The van der Waals surface area contributed by atoms with E-state index >= 15 is 0 Å².